The Labute approximate surface area is 174 Å². The number of para-hydroxylation sites is 1. The number of carbonyl (C=O) groups is 2. The lowest BCUT2D eigenvalue weighted by Crippen LogP contribution is -2.20. The van der Waals surface area contributed by atoms with Crippen molar-refractivity contribution in [1.29, 1.82) is 0 Å². The maximum absolute atomic E-state index is 12.0. The maximum atomic E-state index is 12.0. The minimum absolute atomic E-state index is 0.0970. The van der Waals surface area contributed by atoms with Crippen LogP contribution in [0.15, 0.2) is 84.0 Å². The fourth-order valence-electron chi connectivity index (χ4n) is 2.49. The van der Waals surface area contributed by atoms with E-state index in [1.54, 1.807) is 67.8 Å². The SMILES string of the molecule is COc1ccc(C(=O)N/N=C\c2ccc(OCC(=O)Nc3ccccc3)cc2)cc1. The Kier molecular flexibility index (Phi) is 7.16. The van der Waals surface area contributed by atoms with Gasteiger partial charge in [0, 0.05) is 11.3 Å². The Hall–Kier alpha value is -4.13. The number of nitrogens with one attached hydrogen (secondary N) is 2. The Balaban J connectivity index is 1.45. The summed E-state index contributed by atoms with van der Waals surface area (Å²) < 4.78 is 10.5. The predicted octanol–water partition coefficient (Wildman–Crippen LogP) is 3.48. The van der Waals surface area contributed by atoms with Gasteiger partial charge >= 0.3 is 0 Å². The zero-order valence-corrected chi connectivity index (χ0v) is 16.4. The molecule has 0 fully saturated rings. The van der Waals surface area contributed by atoms with Crippen LogP contribution in [-0.4, -0.2) is 31.7 Å². The molecule has 30 heavy (non-hydrogen) atoms. The molecule has 0 spiro atoms. The predicted molar refractivity (Wildman–Crippen MR) is 115 cm³/mol. The fraction of sp³-hybridized carbons (Fsp3) is 0.0870. The number of ether oxygens (including phenoxy) is 2. The molecular formula is C23H21N3O4. The number of amides is 2. The number of hydrogen-bond acceptors (Lipinski definition) is 5. The molecule has 2 N–H and O–H groups in total. The highest BCUT2D eigenvalue weighted by Gasteiger charge is 2.05. The topological polar surface area (TPSA) is 89.0 Å². The molecule has 0 aromatic heterocycles. The second kappa shape index (κ2) is 10.4. The van der Waals surface area contributed by atoms with Gasteiger partial charge in [0.15, 0.2) is 6.61 Å². The lowest BCUT2D eigenvalue weighted by Gasteiger charge is -2.07. The van der Waals surface area contributed by atoms with Gasteiger partial charge in [-0.2, -0.15) is 5.10 Å². The van der Waals surface area contributed by atoms with Gasteiger partial charge < -0.3 is 14.8 Å². The minimum Gasteiger partial charge on any atom is -0.497 e. The first-order chi connectivity index (χ1) is 14.6. The smallest absolute Gasteiger partial charge is 0.271 e. The van der Waals surface area contributed by atoms with Gasteiger partial charge in [-0.05, 0) is 66.2 Å². The van der Waals surface area contributed by atoms with Crippen molar-refractivity contribution < 1.29 is 19.1 Å². The summed E-state index contributed by atoms with van der Waals surface area (Å²) in [7, 11) is 1.56. The van der Waals surface area contributed by atoms with Crippen molar-refractivity contribution >= 4 is 23.7 Å². The van der Waals surface area contributed by atoms with Gasteiger partial charge in [-0.1, -0.05) is 18.2 Å². The average molecular weight is 403 g/mol. The number of carbonyl (C=O) groups excluding carboxylic acids is 2. The third kappa shape index (κ3) is 6.20. The summed E-state index contributed by atoms with van der Waals surface area (Å²) in [5.41, 5.74) is 4.43. The van der Waals surface area contributed by atoms with Crippen molar-refractivity contribution in [1.82, 2.24) is 5.43 Å². The van der Waals surface area contributed by atoms with Crippen molar-refractivity contribution in [3.05, 3.63) is 90.0 Å². The maximum Gasteiger partial charge on any atom is 0.271 e. The summed E-state index contributed by atoms with van der Waals surface area (Å²) in [6, 6.07) is 22.9. The Morgan fingerprint density at radius 3 is 2.23 bits per heavy atom. The van der Waals surface area contributed by atoms with Crippen LogP contribution in [0.2, 0.25) is 0 Å². The normalized spacial score (nSPS) is 10.4. The molecular weight excluding hydrogens is 382 g/mol. The molecule has 3 aromatic carbocycles. The molecule has 0 radical (unpaired) electrons. The molecule has 3 aromatic rings. The van der Waals surface area contributed by atoms with Crippen LogP contribution in [0.3, 0.4) is 0 Å². The van der Waals surface area contributed by atoms with Crippen LogP contribution in [0.25, 0.3) is 0 Å². The molecule has 0 aliphatic heterocycles. The first-order valence-electron chi connectivity index (χ1n) is 9.19. The highest BCUT2D eigenvalue weighted by Crippen LogP contribution is 2.12. The molecule has 0 aliphatic rings. The summed E-state index contributed by atoms with van der Waals surface area (Å²) in [4.78, 5) is 24.0. The average Bonchev–Trinajstić information content (AvgIpc) is 2.79. The van der Waals surface area contributed by atoms with Crippen LogP contribution in [0, 0.1) is 0 Å². The van der Waals surface area contributed by atoms with Crippen molar-refractivity contribution in [2.45, 2.75) is 0 Å². The largest absolute Gasteiger partial charge is 0.497 e. The number of anilines is 1. The van der Waals surface area contributed by atoms with Crippen LogP contribution in [0.5, 0.6) is 11.5 Å². The van der Waals surface area contributed by atoms with Gasteiger partial charge in [0.1, 0.15) is 11.5 Å². The first-order valence-corrected chi connectivity index (χ1v) is 9.19. The van der Waals surface area contributed by atoms with E-state index in [1.165, 1.54) is 6.21 Å². The lowest BCUT2D eigenvalue weighted by atomic mass is 10.2. The van der Waals surface area contributed by atoms with E-state index in [2.05, 4.69) is 15.8 Å². The zero-order chi connectivity index (χ0) is 21.2. The van der Waals surface area contributed by atoms with Gasteiger partial charge in [-0.15, -0.1) is 0 Å². The van der Waals surface area contributed by atoms with Crippen molar-refractivity contribution in [3.63, 3.8) is 0 Å². The van der Waals surface area contributed by atoms with Gasteiger partial charge in [0.2, 0.25) is 0 Å². The number of hydrazone groups is 1. The van der Waals surface area contributed by atoms with E-state index in [4.69, 9.17) is 9.47 Å². The Morgan fingerprint density at radius 2 is 1.57 bits per heavy atom. The zero-order valence-electron chi connectivity index (χ0n) is 16.4. The summed E-state index contributed by atoms with van der Waals surface area (Å²) in [5, 5.41) is 6.70. The lowest BCUT2D eigenvalue weighted by molar-refractivity contribution is -0.118. The quantitative estimate of drug-likeness (QED) is 0.445. The molecule has 7 heteroatoms. The minimum atomic E-state index is -0.321. The van der Waals surface area contributed by atoms with E-state index in [0.29, 0.717) is 22.7 Å². The molecule has 0 saturated heterocycles. The third-order valence-electron chi connectivity index (χ3n) is 4.04. The number of benzene rings is 3. The van der Waals surface area contributed by atoms with Gasteiger partial charge in [-0.3, -0.25) is 9.59 Å². The number of methoxy groups -OCH3 is 1. The number of hydrogen-bond donors (Lipinski definition) is 2. The van der Waals surface area contributed by atoms with Crippen LogP contribution < -0.4 is 20.2 Å². The summed E-state index contributed by atoms with van der Waals surface area (Å²) in [6.07, 6.45) is 1.52. The number of nitrogens with zero attached hydrogens (tertiary/aromatic N) is 1. The van der Waals surface area contributed by atoms with E-state index in [1.807, 2.05) is 18.2 Å². The first kappa shape index (κ1) is 20.6. The van der Waals surface area contributed by atoms with Gasteiger partial charge in [0.05, 0.1) is 13.3 Å². The van der Waals surface area contributed by atoms with E-state index in [9.17, 15) is 9.59 Å². The summed E-state index contributed by atoms with van der Waals surface area (Å²) >= 11 is 0. The molecule has 0 heterocycles. The van der Waals surface area contributed by atoms with Crippen molar-refractivity contribution in [3.8, 4) is 11.5 Å². The van der Waals surface area contributed by atoms with E-state index < -0.39 is 0 Å². The molecule has 2 amide bonds. The molecule has 0 unspecified atom stereocenters. The Morgan fingerprint density at radius 1 is 0.900 bits per heavy atom. The van der Waals surface area contributed by atoms with Crippen LogP contribution in [0.1, 0.15) is 15.9 Å². The summed E-state index contributed by atoms with van der Waals surface area (Å²) in [5.74, 6) is 0.666. The van der Waals surface area contributed by atoms with Crippen molar-refractivity contribution in [2.75, 3.05) is 19.0 Å². The van der Waals surface area contributed by atoms with E-state index >= 15 is 0 Å². The highest BCUT2D eigenvalue weighted by atomic mass is 16.5. The van der Waals surface area contributed by atoms with Crippen LogP contribution in [-0.2, 0) is 4.79 Å². The molecule has 0 atom stereocenters. The molecule has 3 rings (SSSR count). The number of rotatable bonds is 8. The second-order valence-corrected chi connectivity index (χ2v) is 6.20. The van der Waals surface area contributed by atoms with Gasteiger partial charge in [0.25, 0.3) is 11.8 Å². The molecule has 0 bridgehead atoms. The summed E-state index contributed by atoms with van der Waals surface area (Å²) in [6.45, 7) is -0.0970. The second-order valence-electron chi connectivity index (χ2n) is 6.20. The van der Waals surface area contributed by atoms with Crippen molar-refractivity contribution in [2.24, 2.45) is 5.10 Å². The van der Waals surface area contributed by atoms with Gasteiger partial charge in [-0.25, -0.2) is 5.43 Å². The Bertz CT molecular complexity index is 1000. The standard InChI is InChI=1S/C23H21N3O4/c1-29-20-13-9-18(10-14-20)23(28)26-24-15-17-7-11-21(12-8-17)30-16-22(27)25-19-5-3-2-4-6-19/h2-15H,16H2,1H3,(H,25,27)(H,26,28)/b24-15-. The molecule has 0 saturated carbocycles. The molecule has 0 aliphatic carbocycles. The van der Waals surface area contributed by atoms with E-state index in [0.717, 1.165) is 5.56 Å². The highest BCUT2D eigenvalue weighted by molar-refractivity contribution is 5.95. The third-order valence-corrected chi connectivity index (χ3v) is 4.04. The molecule has 7 nitrogen and oxygen atoms in total. The monoisotopic (exact) mass is 403 g/mol. The van der Waals surface area contributed by atoms with Crippen LogP contribution in [0.4, 0.5) is 5.69 Å². The van der Waals surface area contributed by atoms with E-state index in [-0.39, 0.29) is 18.4 Å². The van der Waals surface area contributed by atoms with Crippen LogP contribution >= 0.6 is 0 Å². The molecule has 152 valence electrons. The fourth-order valence-corrected chi connectivity index (χ4v) is 2.49.